The SMILES string of the molecule is COc1cccc(F)c1Oc1ccc(C#N)cc1Cl. The Balaban J connectivity index is 2.39. The first kappa shape index (κ1) is 13.2. The standard InChI is InChI=1S/C14H9ClFNO2/c1-18-13-4-2-3-11(16)14(13)19-12-6-5-9(8-17)7-10(12)15/h2-7H,1H3. The Bertz CT molecular complexity index is 652. The third kappa shape index (κ3) is 2.78. The second-order valence-corrected chi connectivity index (χ2v) is 4.04. The van der Waals surface area contributed by atoms with E-state index < -0.39 is 5.82 Å². The predicted molar refractivity (Wildman–Crippen MR) is 69.2 cm³/mol. The molecule has 0 spiro atoms. The minimum atomic E-state index is -0.556. The van der Waals surface area contributed by atoms with Crippen LogP contribution in [-0.2, 0) is 0 Å². The van der Waals surface area contributed by atoms with E-state index in [1.165, 1.54) is 37.4 Å². The summed E-state index contributed by atoms with van der Waals surface area (Å²) in [5, 5.41) is 8.97. The summed E-state index contributed by atoms with van der Waals surface area (Å²) in [4.78, 5) is 0. The Hall–Kier alpha value is -2.25. The largest absolute Gasteiger partial charge is 0.493 e. The minimum absolute atomic E-state index is 0.0448. The molecule has 0 bridgehead atoms. The van der Waals surface area contributed by atoms with Crippen molar-refractivity contribution in [2.24, 2.45) is 0 Å². The second-order valence-electron chi connectivity index (χ2n) is 3.63. The smallest absolute Gasteiger partial charge is 0.204 e. The van der Waals surface area contributed by atoms with Crippen LogP contribution in [0.4, 0.5) is 4.39 Å². The van der Waals surface area contributed by atoms with Gasteiger partial charge in [0.05, 0.1) is 23.8 Å². The van der Waals surface area contributed by atoms with E-state index in [2.05, 4.69) is 0 Å². The van der Waals surface area contributed by atoms with Crippen LogP contribution in [0.3, 0.4) is 0 Å². The zero-order valence-corrected chi connectivity index (χ0v) is 10.7. The van der Waals surface area contributed by atoms with Crippen molar-refractivity contribution in [1.82, 2.24) is 0 Å². The van der Waals surface area contributed by atoms with Crippen molar-refractivity contribution in [2.75, 3.05) is 7.11 Å². The van der Waals surface area contributed by atoms with E-state index in [9.17, 15) is 4.39 Å². The van der Waals surface area contributed by atoms with Gasteiger partial charge in [-0.05, 0) is 30.3 Å². The molecule has 0 aliphatic heterocycles. The summed E-state index contributed by atoms with van der Waals surface area (Å²) in [5.41, 5.74) is 0.401. The fourth-order valence-electron chi connectivity index (χ4n) is 1.51. The molecule has 0 atom stereocenters. The van der Waals surface area contributed by atoms with Crippen LogP contribution in [0.15, 0.2) is 36.4 Å². The first-order valence-corrected chi connectivity index (χ1v) is 5.73. The normalized spacial score (nSPS) is 9.79. The highest BCUT2D eigenvalue weighted by atomic mass is 35.5. The van der Waals surface area contributed by atoms with Gasteiger partial charge in [-0.3, -0.25) is 0 Å². The quantitative estimate of drug-likeness (QED) is 0.846. The first-order valence-electron chi connectivity index (χ1n) is 5.35. The number of para-hydroxylation sites is 1. The number of hydrogen-bond donors (Lipinski definition) is 0. The Kier molecular flexibility index (Phi) is 3.88. The number of rotatable bonds is 3. The van der Waals surface area contributed by atoms with Crippen molar-refractivity contribution < 1.29 is 13.9 Å². The Morgan fingerprint density at radius 2 is 2.00 bits per heavy atom. The summed E-state index contributed by atoms with van der Waals surface area (Å²) in [5.74, 6) is -0.0825. The average molecular weight is 278 g/mol. The van der Waals surface area contributed by atoms with Crippen LogP contribution in [-0.4, -0.2) is 7.11 Å². The minimum Gasteiger partial charge on any atom is -0.493 e. The van der Waals surface area contributed by atoms with Gasteiger partial charge in [0.15, 0.2) is 11.6 Å². The van der Waals surface area contributed by atoms with Gasteiger partial charge in [0.1, 0.15) is 5.75 Å². The van der Waals surface area contributed by atoms with Crippen molar-refractivity contribution in [3.8, 4) is 23.3 Å². The molecular weight excluding hydrogens is 269 g/mol. The van der Waals surface area contributed by atoms with E-state index in [4.69, 9.17) is 26.3 Å². The number of halogens is 2. The van der Waals surface area contributed by atoms with Crippen molar-refractivity contribution in [3.63, 3.8) is 0 Å². The van der Waals surface area contributed by atoms with Crippen LogP contribution in [0.25, 0.3) is 0 Å². The molecule has 0 N–H and O–H groups in total. The van der Waals surface area contributed by atoms with Gasteiger partial charge in [0, 0.05) is 0 Å². The van der Waals surface area contributed by atoms with Gasteiger partial charge in [-0.2, -0.15) is 5.26 Å². The van der Waals surface area contributed by atoms with E-state index in [0.717, 1.165) is 0 Å². The number of methoxy groups -OCH3 is 1. The average Bonchev–Trinajstić information content (AvgIpc) is 2.42. The summed E-state index contributed by atoms with van der Waals surface area (Å²) in [6, 6.07) is 10.8. The van der Waals surface area contributed by atoms with Crippen LogP contribution in [0.5, 0.6) is 17.2 Å². The van der Waals surface area contributed by atoms with E-state index in [1.807, 2.05) is 6.07 Å². The molecule has 0 heterocycles. The molecule has 0 aliphatic carbocycles. The molecule has 0 radical (unpaired) electrons. The zero-order chi connectivity index (χ0) is 13.8. The molecule has 0 aliphatic rings. The molecule has 96 valence electrons. The van der Waals surface area contributed by atoms with Gasteiger partial charge < -0.3 is 9.47 Å². The summed E-state index contributed by atoms with van der Waals surface area (Å²) < 4.78 is 24.1. The number of nitrogens with zero attached hydrogens (tertiary/aromatic N) is 1. The van der Waals surface area contributed by atoms with Crippen molar-refractivity contribution in [2.45, 2.75) is 0 Å². The maximum absolute atomic E-state index is 13.7. The number of benzene rings is 2. The fourth-order valence-corrected chi connectivity index (χ4v) is 1.73. The Labute approximate surface area is 114 Å². The third-order valence-electron chi connectivity index (χ3n) is 2.42. The molecule has 19 heavy (non-hydrogen) atoms. The molecule has 0 unspecified atom stereocenters. The fraction of sp³-hybridized carbons (Fsp3) is 0.0714. The molecule has 2 aromatic carbocycles. The maximum atomic E-state index is 13.7. The molecule has 5 heteroatoms. The second kappa shape index (κ2) is 5.59. The molecular formula is C14H9ClFNO2. The van der Waals surface area contributed by atoms with E-state index in [0.29, 0.717) is 5.56 Å². The van der Waals surface area contributed by atoms with E-state index in [1.54, 1.807) is 6.07 Å². The lowest BCUT2D eigenvalue weighted by Gasteiger charge is -2.12. The van der Waals surface area contributed by atoms with Gasteiger partial charge in [-0.1, -0.05) is 17.7 Å². The molecule has 0 aromatic heterocycles. The molecule has 3 nitrogen and oxygen atoms in total. The highest BCUT2D eigenvalue weighted by Crippen LogP contribution is 2.37. The Morgan fingerprint density at radius 3 is 2.63 bits per heavy atom. The molecule has 0 saturated heterocycles. The molecule has 0 amide bonds. The number of hydrogen-bond acceptors (Lipinski definition) is 3. The van der Waals surface area contributed by atoms with Crippen LogP contribution in [0.1, 0.15) is 5.56 Å². The monoisotopic (exact) mass is 277 g/mol. The van der Waals surface area contributed by atoms with Gasteiger partial charge in [-0.25, -0.2) is 4.39 Å². The van der Waals surface area contributed by atoms with Crippen LogP contribution in [0.2, 0.25) is 5.02 Å². The number of ether oxygens (including phenoxy) is 2. The lowest BCUT2D eigenvalue weighted by Crippen LogP contribution is -1.94. The molecule has 2 rings (SSSR count). The summed E-state index contributed by atoms with van der Waals surface area (Å²) in [6.45, 7) is 0. The van der Waals surface area contributed by atoms with E-state index in [-0.39, 0.29) is 22.3 Å². The first-order chi connectivity index (χ1) is 9.15. The lowest BCUT2D eigenvalue weighted by atomic mass is 10.2. The van der Waals surface area contributed by atoms with Crippen LogP contribution in [0, 0.1) is 17.1 Å². The predicted octanol–water partition coefficient (Wildman–Crippen LogP) is 4.15. The number of nitriles is 1. The van der Waals surface area contributed by atoms with Gasteiger partial charge in [-0.15, -0.1) is 0 Å². The van der Waals surface area contributed by atoms with Crippen molar-refractivity contribution in [3.05, 3.63) is 52.8 Å². The van der Waals surface area contributed by atoms with Crippen molar-refractivity contribution in [1.29, 1.82) is 5.26 Å². The van der Waals surface area contributed by atoms with Crippen molar-refractivity contribution >= 4 is 11.6 Å². The lowest BCUT2D eigenvalue weighted by molar-refractivity contribution is 0.364. The molecule has 0 saturated carbocycles. The van der Waals surface area contributed by atoms with Crippen LogP contribution < -0.4 is 9.47 Å². The Morgan fingerprint density at radius 1 is 1.21 bits per heavy atom. The molecule has 0 fully saturated rings. The van der Waals surface area contributed by atoms with E-state index >= 15 is 0 Å². The van der Waals surface area contributed by atoms with Gasteiger partial charge in [0.25, 0.3) is 0 Å². The molecule has 2 aromatic rings. The summed E-state index contributed by atoms with van der Waals surface area (Å²) >= 11 is 5.97. The van der Waals surface area contributed by atoms with Gasteiger partial charge in [0.2, 0.25) is 5.75 Å². The van der Waals surface area contributed by atoms with Gasteiger partial charge >= 0.3 is 0 Å². The topological polar surface area (TPSA) is 42.2 Å². The summed E-state index contributed by atoms with van der Waals surface area (Å²) in [7, 11) is 1.42. The maximum Gasteiger partial charge on any atom is 0.204 e. The summed E-state index contributed by atoms with van der Waals surface area (Å²) in [6.07, 6.45) is 0. The highest BCUT2D eigenvalue weighted by molar-refractivity contribution is 6.32. The highest BCUT2D eigenvalue weighted by Gasteiger charge is 2.13. The zero-order valence-electron chi connectivity index (χ0n) is 9.98. The van der Waals surface area contributed by atoms with Crippen LogP contribution >= 0.6 is 11.6 Å². The third-order valence-corrected chi connectivity index (χ3v) is 2.72.